The first-order valence-corrected chi connectivity index (χ1v) is 9.79. The first kappa shape index (κ1) is 18.5. The van der Waals surface area contributed by atoms with Gasteiger partial charge in [-0.15, -0.1) is 0 Å². The molecule has 3 nitrogen and oxygen atoms in total. The number of aromatic hydroxyl groups is 1. The number of carbonyl (C=O) groups is 1. The second-order valence-corrected chi connectivity index (χ2v) is 9.10. The molecule has 2 aromatic rings. The van der Waals surface area contributed by atoms with Crippen LogP contribution < -0.4 is 5.32 Å². The van der Waals surface area contributed by atoms with Gasteiger partial charge >= 0.3 is 0 Å². The van der Waals surface area contributed by atoms with Crippen molar-refractivity contribution in [3.05, 3.63) is 89.0 Å². The Labute approximate surface area is 166 Å². The molecule has 1 saturated heterocycles. The number of phenols is 1. The van der Waals surface area contributed by atoms with E-state index in [0.717, 1.165) is 23.1 Å². The molecule has 2 N–H and O–H groups in total. The van der Waals surface area contributed by atoms with Gasteiger partial charge in [0.25, 0.3) is 0 Å². The van der Waals surface area contributed by atoms with E-state index >= 15 is 0 Å². The zero-order valence-electron chi connectivity index (χ0n) is 16.9. The van der Waals surface area contributed by atoms with E-state index in [-0.39, 0.29) is 17.1 Å². The standard InChI is InChI=1S/C25H27NO2/c1-23(2,3)18-13-14-20(27)19(16-18)25(17-10-6-5-7-11-17)21-12-8-9-15-24(21,4)26-22(25)28/h5-14,16,27H,15H2,1-4H3,(H,26,28). The summed E-state index contributed by atoms with van der Waals surface area (Å²) in [4.78, 5) is 13.7. The smallest absolute Gasteiger partial charge is 0.240 e. The third-order valence-corrected chi connectivity index (χ3v) is 6.13. The number of hydrogen-bond acceptors (Lipinski definition) is 2. The van der Waals surface area contributed by atoms with Crippen LogP contribution in [0.15, 0.2) is 72.3 Å². The van der Waals surface area contributed by atoms with E-state index in [2.05, 4.69) is 39.1 Å². The Hall–Kier alpha value is -2.81. The summed E-state index contributed by atoms with van der Waals surface area (Å²) < 4.78 is 0. The van der Waals surface area contributed by atoms with Gasteiger partial charge in [-0.1, -0.05) is 75.4 Å². The lowest BCUT2D eigenvalue weighted by Crippen LogP contribution is -2.39. The summed E-state index contributed by atoms with van der Waals surface area (Å²) in [6.45, 7) is 8.48. The minimum Gasteiger partial charge on any atom is -0.508 e. The topological polar surface area (TPSA) is 49.3 Å². The molecule has 4 rings (SSSR count). The highest BCUT2D eigenvalue weighted by Gasteiger charge is 2.59. The first-order chi connectivity index (χ1) is 13.2. The molecule has 0 bridgehead atoms. The van der Waals surface area contributed by atoms with Gasteiger partial charge in [0, 0.05) is 5.56 Å². The van der Waals surface area contributed by atoms with Gasteiger partial charge in [0.2, 0.25) is 5.91 Å². The molecular formula is C25H27NO2. The fraction of sp³-hybridized carbons (Fsp3) is 0.320. The Morgan fingerprint density at radius 2 is 1.79 bits per heavy atom. The van der Waals surface area contributed by atoms with Crippen molar-refractivity contribution in [3.8, 4) is 5.75 Å². The van der Waals surface area contributed by atoms with E-state index in [1.165, 1.54) is 0 Å². The van der Waals surface area contributed by atoms with Crippen molar-refractivity contribution in [1.29, 1.82) is 0 Å². The zero-order chi connectivity index (χ0) is 20.2. The molecule has 0 aromatic heterocycles. The largest absolute Gasteiger partial charge is 0.508 e. The number of phenolic OH excluding ortho intramolecular Hbond substituents is 1. The molecule has 1 aliphatic carbocycles. The number of fused-ring (bicyclic) bond motifs is 1. The van der Waals surface area contributed by atoms with Crippen molar-refractivity contribution in [2.24, 2.45) is 0 Å². The number of amides is 1. The van der Waals surface area contributed by atoms with Gasteiger partial charge in [-0.05, 0) is 47.6 Å². The Morgan fingerprint density at radius 1 is 1.07 bits per heavy atom. The summed E-state index contributed by atoms with van der Waals surface area (Å²) in [7, 11) is 0. The minimum absolute atomic E-state index is 0.0856. The maximum atomic E-state index is 13.7. The average Bonchev–Trinajstić information content (AvgIpc) is 2.89. The molecule has 1 amide bonds. The average molecular weight is 373 g/mol. The van der Waals surface area contributed by atoms with E-state index in [4.69, 9.17) is 0 Å². The van der Waals surface area contributed by atoms with E-state index in [0.29, 0.717) is 5.56 Å². The van der Waals surface area contributed by atoms with E-state index in [1.807, 2.05) is 54.6 Å². The quantitative estimate of drug-likeness (QED) is 0.798. The predicted molar refractivity (Wildman–Crippen MR) is 112 cm³/mol. The number of benzene rings is 2. The van der Waals surface area contributed by atoms with Gasteiger partial charge in [0.1, 0.15) is 11.2 Å². The SMILES string of the molecule is CC12CC=CC=C1C(c1ccccc1)(c1cc(C(C)(C)C)ccc1O)C(=O)N2. The highest BCUT2D eigenvalue weighted by molar-refractivity contribution is 6.02. The Morgan fingerprint density at radius 3 is 2.46 bits per heavy atom. The van der Waals surface area contributed by atoms with Crippen molar-refractivity contribution < 1.29 is 9.90 Å². The lowest BCUT2D eigenvalue weighted by Gasteiger charge is -2.35. The molecule has 2 unspecified atom stereocenters. The highest BCUT2D eigenvalue weighted by atomic mass is 16.3. The highest BCUT2D eigenvalue weighted by Crippen LogP contribution is 2.53. The molecule has 0 saturated carbocycles. The van der Waals surface area contributed by atoms with Gasteiger partial charge in [-0.25, -0.2) is 0 Å². The molecule has 1 heterocycles. The molecule has 0 spiro atoms. The van der Waals surface area contributed by atoms with Gasteiger partial charge in [0.05, 0.1) is 5.54 Å². The Bertz CT molecular complexity index is 997. The van der Waals surface area contributed by atoms with Crippen molar-refractivity contribution in [2.45, 2.75) is 50.5 Å². The van der Waals surface area contributed by atoms with Crippen LogP contribution in [0, 0.1) is 0 Å². The van der Waals surface area contributed by atoms with Crippen LogP contribution in [0.5, 0.6) is 5.75 Å². The Kier molecular flexibility index (Phi) is 4.04. The normalized spacial score (nSPS) is 26.6. The second-order valence-electron chi connectivity index (χ2n) is 9.10. The lowest BCUT2D eigenvalue weighted by atomic mass is 9.64. The van der Waals surface area contributed by atoms with Gasteiger partial charge in [-0.3, -0.25) is 4.79 Å². The zero-order valence-corrected chi connectivity index (χ0v) is 16.9. The molecule has 1 aliphatic heterocycles. The van der Waals surface area contributed by atoms with Crippen LogP contribution in [0.3, 0.4) is 0 Å². The van der Waals surface area contributed by atoms with Crippen LogP contribution in [0.25, 0.3) is 0 Å². The van der Waals surface area contributed by atoms with Crippen molar-refractivity contribution in [2.75, 3.05) is 0 Å². The Balaban J connectivity index is 2.09. The maximum absolute atomic E-state index is 13.7. The summed E-state index contributed by atoms with van der Waals surface area (Å²) in [6, 6.07) is 15.5. The number of allylic oxidation sites excluding steroid dienone is 2. The van der Waals surface area contributed by atoms with Crippen LogP contribution in [0.1, 0.15) is 50.8 Å². The lowest BCUT2D eigenvalue weighted by molar-refractivity contribution is -0.122. The van der Waals surface area contributed by atoms with Crippen molar-refractivity contribution in [3.63, 3.8) is 0 Å². The molecule has 0 radical (unpaired) electrons. The first-order valence-electron chi connectivity index (χ1n) is 9.79. The monoisotopic (exact) mass is 373 g/mol. The van der Waals surface area contributed by atoms with Crippen LogP contribution in [-0.2, 0) is 15.6 Å². The molecule has 2 aliphatic rings. The van der Waals surface area contributed by atoms with Crippen molar-refractivity contribution in [1.82, 2.24) is 5.32 Å². The van der Waals surface area contributed by atoms with Gasteiger partial charge in [-0.2, -0.15) is 0 Å². The van der Waals surface area contributed by atoms with Crippen LogP contribution in [0.4, 0.5) is 0 Å². The molecule has 144 valence electrons. The number of nitrogens with one attached hydrogen (secondary N) is 1. The fourth-order valence-electron chi connectivity index (χ4n) is 4.59. The van der Waals surface area contributed by atoms with Crippen LogP contribution in [-0.4, -0.2) is 16.6 Å². The number of rotatable bonds is 2. The van der Waals surface area contributed by atoms with Crippen LogP contribution in [0.2, 0.25) is 0 Å². The maximum Gasteiger partial charge on any atom is 0.240 e. The third-order valence-electron chi connectivity index (χ3n) is 6.13. The number of hydrogen-bond donors (Lipinski definition) is 2. The summed E-state index contributed by atoms with van der Waals surface area (Å²) in [5, 5.41) is 14.2. The molecular weight excluding hydrogens is 346 g/mol. The van der Waals surface area contributed by atoms with E-state index < -0.39 is 11.0 Å². The summed E-state index contributed by atoms with van der Waals surface area (Å²) in [5.74, 6) is 0.0595. The van der Waals surface area contributed by atoms with Gasteiger partial charge < -0.3 is 10.4 Å². The van der Waals surface area contributed by atoms with E-state index in [9.17, 15) is 9.90 Å². The fourth-order valence-corrected chi connectivity index (χ4v) is 4.59. The summed E-state index contributed by atoms with van der Waals surface area (Å²) >= 11 is 0. The second kappa shape index (κ2) is 6.10. The molecule has 2 atom stereocenters. The molecule has 1 fully saturated rings. The minimum atomic E-state index is -1.05. The number of carbonyl (C=O) groups excluding carboxylic acids is 1. The van der Waals surface area contributed by atoms with Crippen molar-refractivity contribution >= 4 is 5.91 Å². The third kappa shape index (κ3) is 2.53. The molecule has 28 heavy (non-hydrogen) atoms. The summed E-state index contributed by atoms with van der Waals surface area (Å²) in [6.07, 6.45) is 6.87. The van der Waals surface area contributed by atoms with Gasteiger partial charge in [0.15, 0.2) is 0 Å². The summed E-state index contributed by atoms with van der Waals surface area (Å²) in [5.41, 5.74) is 1.98. The van der Waals surface area contributed by atoms with E-state index in [1.54, 1.807) is 6.07 Å². The molecule has 2 aromatic carbocycles. The predicted octanol–water partition coefficient (Wildman–Crippen LogP) is 4.75. The van der Waals surface area contributed by atoms with Crippen LogP contribution >= 0.6 is 0 Å². The molecule has 3 heteroatoms.